The molecule has 2 heterocycles. The SMILES string of the molecule is CN1CCNCC1c1noc(CCc2ccc(Cl)cc2Cl)n1. The molecule has 0 saturated carbocycles. The van der Waals surface area contributed by atoms with E-state index in [0.29, 0.717) is 22.4 Å². The molecule has 0 aliphatic carbocycles. The normalized spacial score (nSPS) is 19.5. The molecule has 1 aromatic heterocycles. The molecule has 118 valence electrons. The van der Waals surface area contributed by atoms with Gasteiger partial charge in [-0.1, -0.05) is 34.4 Å². The lowest BCUT2D eigenvalue weighted by atomic mass is 10.1. The quantitative estimate of drug-likeness (QED) is 0.927. The van der Waals surface area contributed by atoms with Crippen LogP contribution in [0.15, 0.2) is 22.7 Å². The average molecular weight is 341 g/mol. The monoisotopic (exact) mass is 340 g/mol. The van der Waals surface area contributed by atoms with E-state index in [2.05, 4.69) is 27.4 Å². The summed E-state index contributed by atoms with van der Waals surface area (Å²) in [6.07, 6.45) is 1.41. The highest BCUT2D eigenvalue weighted by atomic mass is 35.5. The van der Waals surface area contributed by atoms with Gasteiger partial charge in [-0.2, -0.15) is 4.98 Å². The van der Waals surface area contributed by atoms with E-state index in [0.717, 1.165) is 37.4 Å². The molecule has 1 atom stereocenters. The summed E-state index contributed by atoms with van der Waals surface area (Å²) in [6.45, 7) is 2.82. The second-order valence-corrected chi connectivity index (χ2v) is 6.33. The van der Waals surface area contributed by atoms with Crippen molar-refractivity contribution in [2.24, 2.45) is 0 Å². The molecule has 0 radical (unpaired) electrons. The van der Waals surface area contributed by atoms with Crippen LogP contribution in [0, 0.1) is 0 Å². The Balaban J connectivity index is 1.64. The van der Waals surface area contributed by atoms with E-state index in [9.17, 15) is 0 Å². The Morgan fingerprint density at radius 2 is 2.23 bits per heavy atom. The summed E-state index contributed by atoms with van der Waals surface area (Å²) >= 11 is 12.1. The molecule has 1 N–H and O–H groups in total. The van der Waals surface area contributed by atoms with E-state index in [1.807, 2.05) is 12.1 Å². The highest BCUT2D eigenvalue weighted by molar-refractivity contribution is 6.35. The first-order valence-electron chi connectivity index (χ1n) is 7.31. The molecule has 3 rings (SSSR count). The lowest BCUT2D eigenvalue weighted by Crippen LogP contribution is -2.44. The van der Waals surface area contributed by atoms with Crippen molar-refractivity contribution in [1.82, 2.24) is 20.4 Å². The highest BCUT2D eigenvalue weighted by Crippen LogP contribution is 2.23. The molecule has 1 aromatic carbocycles. The first kappa shape index (κ1) is 15.7. The van der Waals surface area contributed by atoms with E-state index < -0.39 is 0 Å². The summed E-state index contributed by atoms with van der Waals surface area (Å²) in [4.78, 5) is 6.76. The number of rotatable bonds is 4. The van der Waals surface area contributed by atoms with Crippen molar-refractivity contribution in [2.45, 2.75) is 18.9 Å². The summed E-state index contributed by atoms with van der Waals surface area (Å²) in [7, 11) is 2.08. The number of nitrogens with one attached hydrogen (secondary N) is 1. The van der Waals surface area contributed by atoms with Crippen LogP contribution in [0.3, 0.4) is 0 Å². The van der Waals surface area contributed by atoms with Crippen molar-refractivity contribution in [2.75, 3.05) is 26.7 Å². The van der Waals surface area contributed by atoms with Crippen LogP contribution in [-0.2, 0) is 12.8 Å². The average Bonchev–Trinajstić information content (AvgIpc) is 2.95. The summed E-state index contributed by atoms with van der Waals surface area (Å²) in [5.41, 5.74) is 1.03. The number of halogens is 2. The molecular weight excluding hydrogens is 323 g/mol. The third-order valence-electron chi connectivity index (χ3n) is 3.92. The smallest absolute Gasteiger partial charge is 0.227 e. The van der Waals surface area contributed by atoms with Crippen LogP contribution in [0.5, 0.6) is 0 Å². The Hall–Kier alpha value is -1.14. The van der Waals surface area contributed by atoms with Gasteiger partial charge in [0.2, 0.25) is 5.89 Å². The maximum absolute atomic E-state index is 6.18. The lowest BCUT2D eigenvalue weighted by molar-refractivity contribution is 0.190. The van der Waals surface area contributed by atoms with Gasteiger partial charge in [-0.15, -0.1) is 0 Å². The fraction of sp³-hybridized carbons (Fsp3) is 0.467. The standard InChI is InChI=1S/C15H18Cl2N4O/c1-21-7-6-18-9-13(21)15-19-14(22-20-15)5-3-10-2-4-11(16)8-12(10)17/h2,4,8,13,18H,3,5-7,9H2,1H3. The van der Waals surface area contributed by atoms with Crippen molar-refractivity contribution in [3.63, 3.8) is 0 Å². The van der Waals surface area contributed by atoms with E-state index in [1.54, 1.807) is 6.07 Å². The summed E-state index contributed by atoms with van der Waals surface area (Å²) in [5, 5.41) is 8.78. The molecule has 0 spiro atoms. The van der Waals surface area contributed by atoms with Gasteiger partial charge in [0.25, 0.3) is 0 Å². The zero-order valence-corrected chi connectivity index (χ0v) is 13.9. The summed E-state index contributed by atoms with van der Waals surface area (Å²) in [5.74, 6) is 1.38. The van der Waals surface area contributed by atoms with Gasteiger partial charge in [-0.3, -0.25) is 4.90 Å². The predicted molar refractivity (Wildman–Crippen MR) is 86.4 cm³/mol. The first-order chi connectivity index (χ1) is 10.6. The van der Waals surface area contributed by atoms with Gasteiger partial charge in [0, 0.05) is 36.1 Å². The van der Waals surface area contributed by atoms with E-state index in [-0.39, 0.29) is 6.04 Å². The highest BCUT2D eigenvalue weighted by Gasteiger charge is 2.25. The number of nitrogens with zero attached hydrogens (tertiary/aromatic N) is 3. The molecule has 1 saturated heterocycles. The van der Waals surface area contributed by atoms with Crippen LogP contribution in [0.25, 0.3) is 0 Å². The van der Waals surface area contributed by atoms with E-state index in [1.165, 1.54) is 0 Å². The molecule has 7 heteroatoms. The Bertz CT molecular complexity index is 646. The number of aryl methyl sites for hydroxylation is 2. The van der Waals surface area contributed by atoms with Crippen molar-refractivity contribution < 1.29 is 4.52 Å². The van der Waals surface area contributed by atoms with Crippen LogP contribution in [0.4, 0.5) is 0 Å². The Morgan fingerprint density at radius 1 is 1.36 bits per heavy atom. The van der Waals surface area contributed by atoms with Crippen molar-refractivity contribution in [3.8, 4) is 0 Å². The zero-order chi connectivity index (χ0) is 15.5. The number of benzene rings is 1. The summed E-state index contributed by atoms with van der Waals surface area (Å²) in [6, 6.07) is 5.69. The van der Waals surface area contributed by atoms with E-state index >= 15 is 0 Å². The van der Waals surface area contributed by atoms with E-state index in [4.69, 9.17) is 27.7 Å². The minimum absolute atomic E-state index is 0.172. The largest absolute Gasteiger partial charge is 0.339 e. The van der Waals surface area contributed by atoms with Crippen LogP contribution in [-0.4, -0.2) is 41.7 Å². The second-order valence-electron chi connectivity index (χ2n) is 5.48. The number of likely N-dealkylation sites (N-methyl/N-ethyl adjacent to an activating group) is 1. The van der Waals surface area contributed by atoms with Crippen molar-refractivity contribution in [1.29, 1.82) is 0 Å². The molecule has 0 amide bonds. The molecule has 1 unspecified atom stereocenters. The van der Waals surface area contributed by atoms with Crippen molar-refractivity contribution >= 4 is 23.2 Å². The molecular formula is C15H18Cl2N4O. The van der Waals surface area contributed by atoms with Gasteiger partial charge in [-0.25, -0.2) is 0 Å². The van der Waals surface area contributed by atoms with Gasteiger partial charge in [0.1, 0.15) is 0 Å². The van der Waals surface area contributed by atoms with Gasteiger partial charge in [0.15, 0.2) is 5.82 Å². The number of hydrogen-bond acceptors (Lipinski definition) is 5. The molecule has 5 nitrogen and oxygen atoms in total. The van der Waals surface area contributed by atoms with Gasteiger partial charge in [0.05, 0.1) is 6.04 Å². The second kappa shape index (κ2) is 6.96. The maximum atomic E-state index is 6.18. The topological polar surface area (TPSA) is 54.2 Å². The van der Waals surface area contributed by atoms with Gasteiger partial charge >= 0.3 is 0 Å². The fourth-order valence-electron chi connectivity index (χ4n) is 2.57. The fourth-order valence-corrected chi connectivity index (χ4v) is 3.07. The third-order valence-corrected chi connectivity index (χ3v) is 4.50. The predicted octanol–water partition coefficient (Wildman–Crippen LogP) is 2.74. The Labute approximate surface area is 139 Å². The van der Waals surface area contributed by atoms with Gasteiger partial charge < -0.3 is 9.84 Å². The molecule has 1 aliphatic heterocycles. The number of hydrogen-bond donors (Lipinski definition) is 1. The molecule has 2 aromatic rings. The third kappa shape index (κ3) is 3.60. The minimum Gasteiger partial charge on any atom is -0.339 e. The Morgan fingerprint density at radius 3 is 3.00 bits per heavy atom. The molecule has 22 heavy (non-hydrogen) atoms. The van der Waals surface area contributed by atoms with Crippen LogP contribution in [0.2, 0.25) is 10.0 Å². The van der Waals surface area contributed by atoms with Crippen LogP contribution in [0.1, 0.15) is 23.3 Å². The van der Waals surface area contributed by atoms with Gasteiger partial charge in [-0.05, 0) is 31.2 Å². The molecule has 1 aliphatic rings. The first-order valence-corrected chi connectivity index (χ1v) is 8.06. The molecule has 1 fully saturated rings. The number of aromatic nitrogens is 2. The maximum Gasteiger partial charge on any atom is 0.227 e. The lowest BCUT2D eigenvalue weighted by Gasteiger charge is -2.30. The molecule has 0 bridgehead atoms. The number of piperazine rings is 1. The van der Waals surface area contributed by atoms with Crippen molar-refractivity contribution in [3.05, 3.63) is 45.5 Å². The van der Waals surface area contributed by atoms with Crippen LogP contribution >= 0.6 is 23.2 Å². The van der Waals surface area contributed by atoms with Crippen LogP contribution < -0.4 is 5.32 Å². The minimum atomic E-state index is 0.172. The Kier molecular flexibility index (Phi) is 4.98. The zero-order valence-electron chi connectivity index (χ0n) is 12.4. The summed E-state index contributed by atoms with van der Waals surface area (Å²) < 4.78 is 5.37.